The van der Waals surface area contributed by atoms with Crippen LogP contribution in [0.25, 0.3) is 0 Å². The van der Waals surface area contributed by atoms with Gasteiger partial charge < -0.3 is 15.8 Å². The van der Waals surface area contributed by atoms with E-state index < -0.39 is 4.92 Å². The van der Waals surface area contributed by atoms with Gasteiger partial charge in [-0.2, -0.15) is 0 Å². The van der Waals surface area contributed by atoms with E-state index in [1.54, 1.807) is 0 Å². The Kier molecular flexibility index (Phi) is 4.74. The van der Waals surface area contributed by atoms with Gasteiger partial charge in [0.2, 0.25) is 0 Å². The first-order valence-electron chi connectivity index (χ1n) is 6.91. The third-order valence-corrected chi connectivity index (χ3v) is 3.82. The molecule has 0 spiro atoms. The third-order valence-electron chi connectivity index (χ3n) is 3.82. The van der Waals surface area contributed by atoms with Gasteiger partial charge in [-0.3, -0.25) is 14.9 Å². The SMILES string of the molecule is CC(NC(=O)c1ccc(N)c([N+](=O)[O-])c1)C1CCOCC1. The van der Waals surface area contributed by atoms with E-state index in [1.807, 2.05) is 6.92 Å². The Morgan fingerprint density at radius 2 is 2.14 bits per heavy atom. The molecular formula is C14H19N3O4. The lowest BCUT2D eigenvalue weighted by atomic mass is 9.93. The second-order valence-electron chi connectivity index (χ2n) is 5.24. The molecule has 3 N–H and O–H groups in total. The van der Waals surface area contributed by atoms with Crippen molar-refractivity contribution >= 4 is 17.3 Å². The zero-order valence-corrected chi connectivity index (χ0v) is 11.9. The van der Waals surface area contributed by atoms with Crippen LogP contribution >= 0.6 is 0 Å². The van der Waals surface area contributed by atoms with Gasteiger partial charge in [0, 0.05) is 30.9 Å². The molecule has 2 rings (SSSR count). The molecule has 1 fully saturated rings. The van der Waals surface area contributed by atoms with E-state index in [4.69, 9.17) is 10.5 Å². The van der Waals surface area contributed by atoms with Crippen LogP contribution in [0.5, 0.6) is 0 Å². The molecule has 1 unspecified atom stereocenters. The number of nitro benzene ring substituents is 1. The van der Waals surface area contributed by atoms with Crippen LogP contribution in [-0.2, 0) is 4.74 Å². The quantitative estimate of drug-likeness (QED) is 0.499. The van der Waals surface area contributed by atoms with Crippen molar-refractivity contribution in [2.75, 3.05) is 18.9 Å². The van der Waals surface area contributed by atoms with Gasteiger partial charge in [-0.15, -0.1) is 0 Å². The number of anilines is 1. The molecule has 1 heterocycles. The number of nitrogens with zero attached hydrogens (tertiary/aromatic N) is 1. The van der Waals surface area contributed by atoms with Crippen LogP contribution in [0.15, 0.2) is 18.2 Å². The Morgan fingerprint density at radius 3 is 2.76 bits per heavy atom. The number of carbonyl (C=O) groups excluding carboxylic acids is 1. The first-order chi connectivity index (χ1) is 9.99. The largest absolute Gasteiger partial charge is 0.393 e. The summed E-state index contributed by atoms with van der Waals surface area (Å²) in [6.45, 7) is 3.36. The lowest BCUT2D eigenvalue weighted by Crippen LogP contribution is -2.40. The Morgan fingerprint density at radius 1 is 1.48 bits per heavy atom. The molecular weight excluding hydrogens is 274 g/mol. The molecule has 1 aromatic carbocycles. The molecule has 1 saturated heterocycles. The summed E-state index contributed by atoms with van der Waals surface area (Å²) in [5.74, 6) is 0.0450. The average molecular weight is 293 g/mol. The van der Waals surface area contributed by atoms with Crippen molar-refractivity contribution in [3.63, 3.8) is 0 Å². The highest BCUT2D eigenvalue weighted by Gasteiger charge is 2.23. The topological polar surface area (TPSA) is 107 Å². The van der Waals surface area contributed by atoms with Crippen LogP contribution in [-0.4, -0.2) is 30.1 Å². The van der Waals surface area contributed by atoms with Gasteiger partial charge in [0.15, 0.2) is 0 Å². The number of rotatable bonds is 4. The first-order valence-corrected chi connectivity index (χ1v) is 6.91. The number of ether oxygens (including phenoxy) is 1. The number of hydrogen-bond donors (Lipinski definition) is 2. The molecule has 1 aliphatic rings. The fraction of sp³-hybridized carbons (Fsp3) is 0.500. The van der Waals surface area contributed by atoms with Crippen LogP contribution < -0.4 is 11.1 Å². The minimum absolute atomic E-state index is 0.00184. The smallest absolute Gasteiger partial charge is 0.292 e. The van der Waals surface area contributed by atoms with Crippen LogP contribution in [0.1, 0.15) is 30.1 Å². The van der Waals surface area contributed by atoms with Crippen molar-refractivity contribution < 1.29 is 14.5 Å². The maximum Gasteiger partial charge on any atom is 0.292 e. The number of nitrogens with one attached hydrogen (secondary N) is 1. The van der Waals surface area contributed by atoms with E-state index in [9.17, 15) is 14.9 Å². The number of nitrogens with two attached hydrogens (primary N) is 1. The highest BCUT2D eigenvalue weighted by atomic mass is 16.6. The zero-order valence-electron chi connectivity index (χ0n) is 11.9. The van der Waals surface area contributed by atoms with Gasteiger partial charge in [0.05, 0.1) is 4.92 Å². The minimum atomic E-state index is -0.589. The van der Waals surface area contributed by atoms with Crippen LogP contribution in [0.3, 0.4) is 0 Å². The Bertz CT molecular complexity index is 541. The fourth-order valence-corrected chi connectivity index (χ4v) is 2.47. The summed E-state index contributed by atoms with van der Waals surface area (Å²) < 4.78 is 5.29. The number of carbonyl (C=O) groups is 1. The molecule has 7 heteroatoms. The standard InChI is InChI=1S/C14H19N3O4/c1-9(10-4-6-21-7-5-10)16-14(18)11-2-3-12(15)13(8-11)17(19)20/h2-3,8-10H,4-7,15H2,1H3,(H,16,18). The molecule has 1 aliphatic heterocycles. The molecule has 114 valence electrons. The van der Waals surface area contributed by atoms with E-state index in [0.717, 1.165) is 12.8 Å². The van der Waals surface area contributed by atoms with Crippen molar-refractivity contribution in [1.82, 2.24) is 5.32 Å². The summed E-state index contributed by atoms with van der Waals surface area (Å²) in [5, 5.41) is 13.7. The van der Waals surface area contributed by atoms with Gasteiger partial charge in [0.25, 0.3) is 11.6 Å². The summed E-state index contributed by atoms with van der Waals surface area (Å²) in [7, 11) is 0. The summed E-state index contributed by atoms with van der Waals surface area (Å²) in [6.07, 6.45) is 1.81. The van der Waals surface area contributed by atoms with Crippen LogP contribution in [0, 0.1) is 16.0 Å². The van der Waals surface area contributed by atoms with Crippen LogP contribution in [0.2, 0.25) is 0 Å². The number of nitro groups is 1. The molecule has 21 heavy (non-hydrogen) atoms. The van der Waals surface area contributed by atoms with Crippen molar-refractivity contribution in [3.05, 3.63) is 33.9 Å². The maximum absolute atomic E-state index is 12.2. The first kappa shape index (κ1) is 15.2. The fourth-order valence-electron chi connectivity index (χ4n) is 2.47. The Hall–Kier alpha value is -2.15. The second kappa shape index (κ2) is 6.53. The normalized spacial score (nSPS) is 17.2. The maximum atomic E-state index is 12.2. The number of hydrogen-bond acceptors (Lipinski definition) is 5. The highest BCUT2D eigenvalue weighted by Crippen LogP contribution is 2.23. The minimum Gasteiger partial charge on any atom is -0.393 e. The van der Waals surface area contributed by atoms with E-state index in [1.165, 1.54) is 18.2 Å². The number of benzene rings is 1. The molecule has 0 saturated carbocycles. The van der Waals surface area contributed by atoms with Gasteiger partial charge >= 0.3 is 0 Å². The van der Waals surface area contributed by atoms with Crippen molar-refractivity contribution in [2.45, 2.75) is 25.8 Å². The van der Waals surface area contributed by atoms with E-state index >= 15 is 0 Å². The Labute approximate surface area is 122 Å². The van der Waals surface area contributed by atoms with Crippen molar-refractivity contribution in [2.24, 2.45) is 5.92 Å². The van der Waals surface area contributed by atoms with Gasteiger partial charge in [-0.1, -0.05) is 0 Å². The molecule has 7 nitrogen and oxygen atoms in total. The number of nitrogen functional groups attached to an aromatic ring is 1. The summed E-state index contributed by atoms with van der Waals surface area (Å²) in [5.41, 5.74) is 5.57. The Balaban J connectivity index is 2.06. The summed E-state index contributed by atoms with van der Waals surface area (Å²) in [4.78, 5) is 22.4. The van der Waals surface area contributed by atoms with Crippen LogP contribution in [0.4, 0.5) is 11.4 Å². The predicted octanol–water partition coefficient (Wildman–Crippen LogP) is 1.72. The predicted molar refractivity (Wildman–Crippen MR) is 78.0 cm³/mol. The molecule has 0 aliphatic carbocycles. The lowest BCUT2D eigenvalue weighted by molar-refractivity contribution is -0.383. The van der Waals surface area contributed by atoms with Gasteiger partial charge in [-0.25, -0.2) is 0 Å². The van der Waals surface area contributed by atoms with E-state index in [0.29, 0.717) is 19.1 Å². The second-order valence-corrected chi connectivity index (χ2v) is 5.24. The highest BCUT2D eigenvalue weighted by molar-refractivity contribution is 5.95. The average Bonchev–Trinajstić information content (AvgIpc) is 2.48. The van der Waals surface area contributed by atoms with Gasteiger partial charge in [-0.05, 0) is 37.8 Å². The monoisotopic (exact) mass is 293 g/mol. The van der Waals surface area contributed by atoms with Crippen molar-refractivity contribution in [1.29, 1.82) is 0 Å². The van der Waals surface area contributed by atoms with Gasteiger partial charge in [0.1, 0.15) is 5.69 Å². The molecule has 1 amide bonds. The summed E-state index contributed by atoms with van der Waals surface area (Å²) in [6, 6.07) is 4.08. The molecule has 0 bridgehead atoms. The molecule has 0 radical (unpaired) electrons. The molecule has 0 aromatic heterocycles. The van der Waals surface area contributed by atoms with E-state index in [2.05, 4.69) is 5.32 Å². The summed E-state index contributed by atoms with van der Waals surface area (Å²) >= 11 is 0. The zero-order chi connectivity index (χ0) is 15.4. The molecule has 1 aromatic rings. The van der Waals surface area contributed by atoms with Crippen molar-refractivity contribution in [3.8, 4) is 0 Å². The number of amides is 1. The lowest BCUT2D eigenvalue weighted by Gasteiger charge is -2.28. The third kappa shape index (κ3) is 3.69. The van der Waals surface area contributed by atoms with E-state index in [-0.39, 0.29) is 28.9 Å². The molecule has 1 atom stereocenters.